The number of fused-ring (bicyclic) bond motifs is 1. The minimum Gasteiger partial charge on any atom is -0.479 e. The number of carboxylic acids is 3. The van der Waals surface area contributed by atoms with Gasteiger partial charge in [0.15, 0.2) is 11.5 Å². The molecule has 3 aromatic heterocycles. The van der Waals surface area contributed by atoms with Gasteiger partial charge in [-0.1, -0.05) is 0 Å². The number of halogens is 2. The molecule has 17 heteroatoms. The molecule has 0 fully saturated rings. The van der Waals surface area contributed by atoms with Crippen molar-refractivity contribution >= 4 is 57.8 Å². The molecule has 3 atom stereocenters. The summed E-state index contributed by atoms with van der Waals surface area (Å²) in [5.74, 6) is -5.21. The van der Waals surface area contributed by atoms with E-state index in [0.29, 0.717) is 0 Å². The molecular weight excluding hydrogens is 529 g/mol. The van der Waals surface area contributed by atoms with Gasteiger partial charge in [0.25, 0.3) is 5.60 Å². The molecule has 6 N–H and O–H groups in total. The van der Waals surface area contributed by atoms with Crippen LogP contribution in [-0.4, -0.2) is 89.4 Å². The molecule has 0 saturated heterocycles. The number of hydrogen-bond donors (Lipinski definition) is 5. The van der Waals surface area contributed by atoms with Crippen molar-refractivity contribution in [3.63, 3.8) is 0 Å². The molecule has 0 aliphatic heterocycles. The number of aliphatic hydroxyl groups excluding tert-OH is 1. The number of nitrogen functional groups attached to an aromatic ring is 1. The molecule has 0 aliphatic rings. The van der Waals surface area contributed by atoms with Crippen LogP contribution in [0.5, 0.6) is 0 Å². The van der Waals surface area contributed by atoms with Gasteiger partial charge in [-0.05, 0) is 28.6 Å². The number of alkyl halides is 1. The average Bonchev–Trinajstić information content (AvgIpc) is 3.45. The van der Waals surface area contributed by atoms with Crippen LogP contribution in [0.1, 0.15) is 21.5 Å². The fourth-order valence-electron chi connectivity index (χ4n) is 3.25. The third kappa shape index (κ3) is 5.21. The molecule has 0 radical (unpaired) electrons. The lowest BCUT2D eigenvalue weighted by Gasteiger charge is -2.30. The van der Waals surface area contributed by atoms with Gasteiger partial charge in [-0.2, -0.15) is 9.97 Å². The monoisotopic (exact) mass is 547 g/mol. The molecule has 0 unspecified atom stereocenters. The summed E-state index contributed by atoms with van der Waals surface area (Å²) in [4.78, 5) is 46.3. The van der Waals surface area contributed by atoms with E-state index in [9.17, 15) is 29.7 Å². The topological polar surface area (TPSA) is 220 Å². The van der Waals surface area contributed by atoms with Crippen LogP contribution < -0.4 is 5.73 Å². The number of aliphatic carboxylic acids is 2. The number of nitrogens with zero attached hydrogens (tertiary/aromatic N) is 4. The van der Waals surface area contributed by atoms with E-state index in [1.165, 1.54) is 5.38 Å². The number of methoxy groups -OCH3 is 1. The van der Waals surface area contributed by atoms with E-state index in [-0.39, 0.29) is 32.7 Å². The number of carboxylic acid groups (broad SMARTS) is 3. The number of hydrogen-bond acceptors (Lipinski definition) is 11. The van der Waals surface area contributed by atoms with Crippen molar-refractivity contribution in [1.82, 2.24) is 19.5 Å². The molecule has 3 aromatic rings. The van der Waals surface area contributed by atoms with E-state index in [0.717, 1.165) is 35.4 Å². The maximum absolute atomic E-state index is 15.3. The predicted molar refractivity (Wildman–Crippen MR) is 121 cm³/mol. The van der Waals surface area contributed by atoms with Crippen molar-refractivity contribution in [3.8, 4) is 0 Å². The smallest absolute Gasteiger partial charge is 0.348 e. The molecule has 0 saturated carbocycles. The Morgan fingerprint density at radius 3 is 2.50 bits per heavy atom. The lowest BCUT2D eigenvalue weighted by Crippen LogP contribution is -2.53. The van der Waals surface area contributed by atoms with Gasteiger partial charge in [0, 0.05) is 13.5 Å². The highest BCUT2D eigenvalue weighted by Gasteiger charge is 2.49. The van der Waals surface area contributed by atoms with Gasteiger partial charge in [0.1, 0.15) is 22.6 Å². The van der Waals surface area contributed by atoms with Gasteiger partial charge < -0.3 is 35.6 Å². The second-order valence-corrected chi connectivity index (χ2v) is 8.64. The second-order valence-electron chi connectivity index (χ2n) is 7.39. The lowest BCUT2D eigenvalue weighted by atomic mass is 9.95. The van der Waals surface area contributed by atoms with E-state index in [1.54, 1.807) is 0 Å². The third-order valence-electron chi connectivity index (χ3n) is 5.15. The van der Waals surface area contributed by atoms with Crippen molar-refractivity contribution < 1.29 is 48.7 Å². The predicted octanol–water partition coefficient (Wildman–Crippen LogP) is 0.833. The third-order valence-corrected chi connectivity index (χ3v) is 6.29. The van der Waals surface area contributed by atoms with Crippen LogP contribution in [0.4, 0.5) is 10.2 Å². The Balaban J connectivity index is 1.84. The number of rotatable bonds is 12. The molecule has 0 aromatic carbocycles. The normalized spacial score (nSPS) is 14.4. The molecule has 14 nitrogen and oxygen atoms in total. The van der Waals surface area contributed by atoms with E-state index < -0.39 is 55.0 Å². The molecule has 0 aliphatic carbocycles. The van der Waals surface area contributed by atoms with Gasteiger partial charge in [-0.3, -0.25) is 4.57 Å². The first-order chi connectivity index (χ1) is 16.9. The summed E-state index contributed by atoms with van der Waals surface area (Å²) in [6.45, 7) is -0.878. The van der Waals surface area contributed by atoms with Crippen molar-refractivity contribution in [1.29, 1.82) is 0 Å². The Kier molecular flexibility index (Phi) is 8.05. The van der Waals surface area contributed by atoms with Gasteiger partial charge in [-0.25, -0.2) is 23.8 Å². The maximum atomic E-state index is 15.3. The quantitative estimate of drug-likeness (QED) is 0.157. The van der Waals surface area contributed by atoms with Crippen LogP contribution in [0.3, 0.4) is 0 Å². The average molecular weight is 548 g/mol. The molecule has 36 heavy (non-hydrogen) atoms. The first-order valence-electron chi connectivity index (χ1n) is 9.83. The Bertz CT molecular complexity index is 1290. The van der Waals surface area contributed by atoms with E-state index in [1.807, 2.05) is 0 Å². The zero-order chi connectivity index (χ0) is 26.8. The highest BCUT2D eigenvalue weighted by atomic mass is 35.5. The molecular formula is C19H19ClFN5O9S. The van der Waals surface area contributed by atoms with Crippen LogP contribution >= 0.6 is 22.9 Å². The summed E-state index contributed by atoms with van der Waals surface area (Å²) in [7, 11) is 1.06. The Morgan fingerprint density at radius 1 is 1.28 bits per heavy atom. The minimum absolute atomic E-state index is 0.00623. The van der Waals surface area contributed by atoms with E-state index in [2.05, 4.69) is 15.0 Å². The number of aromatic carboxylic acids is 1. The first kappa shape index (κ1) is 27.2. The number of aromatic nitrogens is 4. The largest absolute Gasteiger partial charge is 0.479 e. The highest BCUT2D eigenvalue weighted by molar-refractivity contribution is 7.12. The molecule has 194 valence electrons. The van der Waals surface area contributed by atoms with Crippen molar-refractivity contribution in [3.05, 3.63) is 33.5 Å². The fraction of sp³-hybridized carbons (Fsp3) is 0.368. The Hall–Kier alpha value is -3.44. The lowest BCUT2D eigenvalue weighted by molar-refractivity contribution is -0.192. The van der Waals surface area contributed by atoms with Gasteiger partial charge in [-0.15, -0.1) is 11.3 Å². The van der Waals surface area contributed by atoms with Crippen molar-refractivity contribution in [2.45, 2.75) is 30.5 Å². The van der Waals surface area contributed by atoms with E-state index in [4.69, 9.17) is 31.9 Å². The van der Waals surface area contributed by atoms with Gasteiger partial charge in [0.2, 0.25) is 11.6 Å². The van der Waals surface area contributed by atoms with Crippen LogP contribution in [0, 0.1) is 0 Å². The number of aliphatic hydroxyl groups is 1. The number of nitrogens with two attached hydrogens (primary N) is 1. The fourth-order valence-corrected chi connectivity index (χ4v) is 4.17. The van der Waals surface area contributed by atoms with Gasteiger partial charge in [0.05, 0.1) is 12.9 Å². The molecule has 0 amide bonds. The van der Waals surface area contributed by atoms with Crippen LogP contribution in [0.25, 0.3) is 11.2 Å². The SMILES string of the molecule is CO[C@H](COC(Cc1csc(C(=O)O)c1)(C(=O)O)C(=O)O)[C@@H](O)[C@H](F)n1cnc2c(N)nc(Cl)nc21. The van der Waals surface area contributed by atoms with Gasteiger partial charge >= 0.3 is 17.9 Å². The van der Waals surface area contributed by atoms with Crippen LogP contribution in [0.2, 0.25) is 5.28 Å². The van der Waals surface area contributed by atoms with E-state index >= 15 is 4.39 Å². The van der Waals surface area contributed by atoms with Crippen LogP contribution in [-0.2, 0) is 25.5 Å². The zero-order valence-electron chi connectivity index (χ0n) is 18.2. The van der Waals surface area contributed by atoms with Crippen molar-refractivity contribution in [2.75, 3.05) is 19.5 Å². The summed E-state index contributed by atoms with van der Waals surface area (Å²) in [5.41, 5.74) is 2.72. The number of carbonyl (C=O) groups is 3. The summed E-state index contributed by atoms with van der Waals surface area (Å²) in [6, 6.07) is 1.11. The minimum atomic E-state index is -2.89. The number of anilines is 1. The maximum Gasteiger partial charge on any atom is 0.348 e. The Morgan fingerprint density at radius 2 is 1.94 bits per heavy atom. The Labute approximate surface area is 209 Å². The molecule has 0 spiro atoms. The summed E-state index contributed by atoms with van der Waals surface area (Å²) >= 11 is 6.52. The first-order valence-corrected chi connectivity index (χ1v) is 11.1. The number of ether oxygens (including phenoxy) is 2. The highest BCUT2D eigenvalue weighted by Crippen LogP contribution is 2.28. The summed E-state index contributed by atoms with van der Waals surface area (Å²) in [6.07, 6.45) is -5.66. The molecule has 3 rings (SSSR count). The summed E-state index contributed by atoms with van der Waals surface area (Å²) < 4.78 is 26.3. The second kappa shape index (κ2) is 10.7. The standard InChI is InChI=1S/C19H19ClFN5O9S/c1-34-8(11(27)12(21)26-6-23-10-13(22)24-18(20)25-14(10)26)4-35-19(16(30)31,17(32)33)3-7-2-9(15(28)29)36-5-7/h2,5-6,8,11-12,27H,3-4H2,1H3,(H,28,29)(H,30,31)(H,32,33)(H2,22,24,25)/t8-,11-,12-/m1/s1. The number of thiophene rings is 1. The molecule has 0 bridgehead atoms. The van der Waals surface area contributed by atoms with Crippen LogP contribution in [0.15, 0.2) is 17.8 Å². The number of imidazole rings is 1. The van der Waals surface area contributed by atoms with Crippen molar-refractivity contribution in [2.24, 2.45) is 0 Å². The summed E-state index contributed by atoms with van der Waals surface area (Å²) in [5, 5.41) is 40.0. The zero-order valence-corrected chi connectivity index (χ0v) is 19.8. The molecule has 3 heterocycles.